The van der Waals surface area contributed by atoms with Gasteiger partial charge in [-0.3, -0.25) is 4.98 Å². The molecule has 0 fully saturated rings. The number of rotatable bonds is 11. The molecule has 0 aliphatic carbocycles. The van der Waals surface area contributed by atoms with Crippen molar-refractivity contribution in [3.63, 3.8) is 0 Å². The Morgan fingerprint density at radius 2 is 1.65 bits per heavy atom. The summed E-state index contributed by atoms with van der Waals surface area (Å²) in [5.41, 5.74) is 1.40. The Balaban J connectivity index is 2.09. The number of aromatic nitrogens is 1. The average Bonchev–Trinajstić information content (AvgIpc) is 2.46. The van der Waals surface area contributed by atoms with E-state index in [9.17, 15) is 5.11 Å². The van der Waals surface area contributed by atoms with E-state index >= 15 is 0 Å². The van der Waals surface area contributed by atoms with Gasteiger partial charge in [0.25, 0.3) is 0 Å². The van der Waals surface area contributed by atoms with Crippen molar-refractivity contribution in [2.24, 2.45) is 0 Å². The molecule has 1 aromatic heterocycles. The van der Waals surface area contributed by atoms with Crippen LogP contribution in [0, 0.1) is 6.92 Å². The zero-order valence-corrected chi connectivity index (χ0v) is 12.1. The number of aryl methyl sites for hydroxylation is 1. The fourth-order valence-electron chi connectivity index (χ4n) is 1.52. The van der Waals surface area contributed by atoms with Crippen molar-refractivity contribution < 1.29 is 24.1 Å². The highest BCUT2D eigenvalue weighted by atomic mass is 16.6. The monoisotopic (exact) mass is 285 g/mol. The highest BCUT2D eigenvalue weighted by Crippen LogP contribution is 2.16. The summed E-state index contributed by atoms with van der Waals surface area (Å²) in [5.74, 6) is 0.595. The predicted molar refractivity (Wildman–Crippen MR) is 73.9 cm³/mol. The summed E-state index contributed by atoms with van der Waals surface area (Å²) in [5, 5.41) is 9.19. The third kappa shape index (κ3) is 6.81. The van der Waals surface area contributed by atoms with Crippen molar-refractivity contribution in [3.05, 3.63) is 23.5 Å². The fourth-order valence-corrected chi connectivity index (χ4v) is 1.52. The van der Waals surface area contributed by atoms with E-state index in [4.69, 9.17) is 18.9 Å². The average molecular weight is 285 g/mol. The molecule has 0 saturated carbocycles. The van der Waals surface area contributed by atoms with Gasteiger partial charge in [0, 0.05) is 12.8 Å². The number of ether oxygens (including phenoxy) is 4. The summed E-state index contributed by atoms with van der Waals surface area (Å²) < 4.78 is 21.0. The molecule has 6 heteroatoms. The molecule has 0 unspecified atom stereocenters. The number of nitrogens with zero attached hydrogens (tertiary/aromatic N) is 1. The molecular formula is C14H23NO5. The molecule has 0 bridgehead atoms. The molecule has 0 aliphatic heterocycles. The van der Waals surface area contributed by atoms with Gasteiger partial charge in [-0.25, -0.2) is 0 Å². The van der Waals surface area contributed by atoms with E-state index in [0.29, 0.717) is 51.1 Å². The summed E-state index contributed by atoms with van der Waals surface area (Å²) in [4.78, 5) is 4.20. The van der Waals surface area contributed by atoms with Crippen molar-refractivity contribution in [1.82, 2.24) is 4.98 Å². The van der Waals surface area contributed by atoms with E-state index in [0.717, 1.165) is 5.69 Å². The Kier molecular flexibility index (Phi) is 8.90. The van der Waals surface area contributed by atoms with Gasteiger partial charge >= 0.3 is 0 Å². The molecule has 1 rings (SSSR count). The van der Waals surface area contributed by atoms with E-state index in [1.807, 2.05) is 19.1 Å². The van der Waals surface area contributed by atoms with Gasteiger partial charge in [0.15, 0.2) is 0 Å². The Labute approximate surface area is 119 Å². The summed E-state index contributed by atoms with van der Waals surface area (Å²) in [6, 6.07) is 3.65. The first-order valence-corrected chi connectivity index (χ1v) is 6.62. The van der Waals surface area contributed by atoms with Crippen LogP contribution in [0.3, 0.4) is 0 Å². The molecule has 1 N–H and O–H groups in total. The Hall–Kier alpha value is -1.21. The zero-order valence-electron chi connectivity index (χ0n) is 12.1. The lowest BCUT2D eigenvalue weighted by atomic mass is 10.3. The third-order valence-electron chi connectivity index (χ3n) is 2.51. The van der Waals surface area contributed by atoms with Crippen molar-refractivity contribution in [2.45, 2.75) is 13.5 Å². The van der Waals surface area contributed by atoms with Crippen LogP contribution in [-0.4, -0.2) is 56.8 Å². The maximum absolute atomic E-state index is 9.19. The molecule has 20 heavy (non-hydrogen) atoms. The van der Waals surface area contributed by atoms with E-state index in [1.165, 1.54) is 0 Å². The molecule has 114 valence electrons. The number of hydrogen-bond donors (Lipinski definition) is 1. The van der Waals surface area contributed by atoms with Crippen LogP contribution in [0.5, 0.6) is 5.75 Å². The molecule has 0 amide bonds. The van der Waals surface area contributed by atoms with Gasteiger partial charge in [-0.1, -0.05) is 0 Å². The topological polar surface area (TPSA) is 70.0 Å². The van der Waals surface area contributed by atoms with Gasteiger partial charge in [0.2, 0.25) is 0 Å². The second-order valence-electron chi connectivity index (χ2n) is 4.12. The molecule has 0 spiro atoms. The molecule has 0 aromatic carbocycles. The van der Waals surface area contributed by atoms with E-state index < -0.39 is 0 Å². The summed E-state index contributed by atoms with van der Waals surface area (Å²) in [6.07, 6.45) is 0. The van der Waals surface area contributed by atoms with Crippen LogP contribution in [0.15, 0.2) is 12.1 Å². The highest BCUT2D eigenvalue weighted by molar-refractivity contribution is 5.28. The molecule has 0 saturated heterocycles. The molecule has 6 nitrogen and oxygen atoms in total. The Morgan fingerprint density at radius 1 is 1.00 bits per heavy atom. The summed E-state index contributed by atoms with van der Waals surface area (Å²) >= 11 is 0. The lowest BCUT2D eigenvalue weighted by Crippen LogP contribution is -2.13. The minimum absolute atomic E-state index is 0.134. The smallest absolute Gasteiger partial charge is 0.143 e. The van der Waals surface area contributed by atoms with Gasteiger partial charge < -0.3 is 24.1 Å². The summed E-state index contributed by atoms with van der Waals surface area (Å²) in [7, 11) is 1.64. The Morgan fingerprint density at radius 3 is 2.30 bits per heavy atom. The van der Waals surface area contributed by atoms with Crippen LogP contribution in [0.25, 0.3) is 0 Å². The predicted octanol–water partition coefficient (Wildman–Crippen LogP) is 0.941. The van der Waals surface area contributed by atoms with Gasteiger partial charge in [-0.05, 0) is 19.1 Å². The van der Waals surface area contributed by atoms with Gasteiger partial charge in [0.1, 0.15) is 18.1 Å². The zero-order chi connectivity index (χ0) is 14.6. The van der Waals surface area contributed by atoms with E-state index in [1.54, 1.807) is 7.11 Å². The summed E-state index contributed by atoms with van der Waals surface area (Å²) in [6.45, 7) is 4.84. The minimum Gasteiger partial charge on any atom is -0.489 e. The lowest BCUT2D eigenvalue weighted by molar-refractivity contribution is 0.0178. The highest BCUT2D eigenvalue weighted by Gasteiger charge is 2.04. The van der Waals surface area contributed by atoms with E-state index in [2.05, 4.69) is 4.98 Å². The first-order chi connectivity index (χ1) is 9.77. The third-order valence-corrected chi connectivity index (χ3v) is 2.51. The molecular weight excluding hydrogens is 262 g/mol. The lowest BCUT2D eigenvalue weighted by Gasteiger charge is -2.10. The largest absolute Gasteiger partial charge is 0.489 e. The maximum Gasteiger partial charge on any atom is 0.143 e. The quantitative estimate of drug-likeness (QED) is 0.610. The van der Waals surface area contributed by atoms with Gasteiger partial charge in [-0.15, -0.1) is 0 Å². The molecule has 0 aliphatic rings. The van der Waals surface area contributed by atoms with Crippen LogP contribution < -0.4 is 4.74 Å². The number of hydrogen-bond acceptors (Lipinski definition) is 6. The SMILES string of the molecule is COCCOCCOCCOc1ccc(C)nc1CO. The van der Waals surface area contributed by atoms with Crippen LogP contribution in [-0.2, 0) is 20.8 Å². The molecule has 0 radical (unpaired) electrons. The minimum atomic E-state index is -0.134. The molecule has 0 atom stereocenters. The number of aliphatic hydroxyl groups excluding tert-OH is 1. The van der Waals surface area contributed by atoms with Crippen LogP contribution >= 0.6 is 0 Å². The number of pyridine rings is 1. The first kappa shape index (κ1) is 16.8. The molecule has 1 heterocycles. The van der Waals surface area contributed by atoms with Gasteiger partial charge in [0.05, 0.1) is 39.6 Å². The standard InChI is InChI=1S/C14H23NO5/c1-12-3-4-14(13(11-16)15-12)20-10-9-19-8-7-18-6-5-17-2/h3-4,16H,5-11H2,1-2H3. The van der Waals surface area contributed by atoms with Crippen molar-refractivity contribution >= 4 is 0 Å². The number of methoxy groups -OCH3 is 1. The first-order valence-electron chi connectivity index (χ1n) is 6.62. The fraction of sp³-hybridized carbons (Fsp3) is 0.643. The molecule has 1 aromatic rings. The second-order valence-corrected chi connectivity index (χ2v) is 4.12. The van der Waals surface area contributed by atoms with E-state index in [-0.39, 0.29) is 6.61 Å². The normalized spacial score (nSPS) is 10.8. The van der Waals surface area contributed by atoms with Crippen LogP contribution in [0.2, 0.25) is 0 Å². The second kappa shape index (κ2) is 10.6. The Bertz CT molecular complexity index is 373. The van der Waals surface area contributed by atoms with Crippen LogP contribution in [0.4, 0.5) is 0 Å². The number of aliphatic hydroxyl groups is 1. The maximum atomic E-state index is 9.19. The van der Waals surface area contributed by atoms with Crippen molar-refractivity contribution in [3.8, 4) is 5.75 Å². The van der Waals surface area contributed by atoms with Crippen molar-refractivity contribution in [2.75, 3.05) is 46.8 Å². The van der Waals surface area contributed by atoms with Gasteiger partial charge in [-0.2, -0.15) is 0 Å². The van der Waals surface area contributed by atoms with Crippen molar-refractivity contribution in [1.29, 1.82) is 0 Å². The van der Waals surface area contributed by atoms with Crippen LogP contribution in [0.1, 0.15) is 11.4 Å².